The summed E-state index contributed by atoms with van der Waals surface area (Å²) in [7, 11) is 1.61. The Morgan fingerprint density at radius 2 is 1.87 bits per heavy atom. The van der Waals surface area contributed by atoms with Crippen molar-refractivity contribution in [3.05, 3.63) is 52.8 Å². The summed E-state index contributed by atoms with van der Waals surface area (Å²) in [5, 5.41) is 15.1. The van der Waals surface area contributed by atoms with Gasteiger partial charge in [-0.25, -0.2) is 9.97 Å². The molecule has 0 unspecified atom stereocenters. The van der Waals surface area contributed by atoms with Crippen LogP contribution in [-0.4, -0.2) is 41.7 Å². The maximum absolute atomic E-state index is 10.9. The standard InChI is InChI=1S/C21H22N4O4.ClH/c1-28-19-10-17-18(11-20(19)29-12-14-6-8-22-9-7-14)23-13-24-21(17)15-2-4-16(5-3-15)25(26)27;/h2-5,10-11,13-14,22H,6-9,12H2,1H3;1H. The lowest BCUT2D eigenvalue weighted by Gasteiger charge is -2.23. The summed E-state index contributed by atoms with van der Waals surface area (Å²) in [5.41, 5.74) is 2.23. The molecule has 1 aliphatic rings. The van der Waals surface area contributed by atoms with Crippen LogP contribution in [0.3, 0.4) is 0 Å². The average molecular weight is 431 g/mol. The van der Waals surface area contributed by atoms with E-state index in [0.29, 0.717) is 29.7 Å². The van der Waals surface area contributed by atoms with E-state index in [1.165, 1.54) is 18.5 Å². The molecule has 1 saturated heterocycles. The maximum Gasteiger partial charge on any atom is 0.269 e. The summed E-state index contributed by atoms with van der Waals surface area (Å²) in [4.78, 5) is 19.3. The van der Waals surface area contributed by atoms with E-state index in [4.69, 9.17) is 9.47 Å². The zero-order valence-electron chi connectivity index (χ0n) is 16.5. The monoisotopic (exact) mass is 430 g/mol. The first-order chi connectivity index (χ1) is 14.2. The molecule has 1 N–H and O–H groups in total. The molecule has 0 atom stereocenters. The van der Waals surface area contributed by atoms with E-state index < -0.39 is 4.92 Å². The molecule has 2 aromatic carbocycles. The van der Waals surface area contributed by atoms with Crippen LogP contribution in [-0.2, 0) is 0 Å². The molecule has 1 aliphatic heterocycles. The van der Waals surface area contributed by atoms with Crippen molar-refractivity contribution in [3.63, 3.8) is 0 Å². The zero-order valence-corrected chi connectivity index (χ0v) is 17.4. The molecule has 158 valence electrons. The summed E-state index contributed by atoms with van der Waals surface area (Å²) >= 11 is 0. The SMILES string of the molecule is COc1cc2c(-c3ccc([N+](=O)[O-])cc3)ncnc2cc1OCC1CCNCC1.Cl. The fraction of sp³-hybridized carbons (Fsp3) is 0.333. The van der Waals surface area contributed by atoms with Crippen LogP contribution in [0.4, 0.5) is 5.69 Å². The van der Waals surface area contributed by atoms with Crippen molar-refractivity contribution in [2.45, 2.75) is 12.8 Å². The highest BCUT2D eigenvalue weighted by molar-refractivity contribution is 5.94. The van der Waals surface area contributed by atoms with Crippen LogP contribution in [0.2, 0.25) is 0 Å². The summed E-state index contributed by atoms with van der Waals surface area (Å²) in [6.45, 7) is 2.69. The number of halogens is 1. The highest BCUT2D eigenvalue weighted by Gasteiger charge is 2.17. The lowest BCUT2D eigenvalue weighted by molar-refractivity contribution is -0.384. The first-order valence-electron chi connectivity index (χ1n) is 9.57. The summed E-state index contributed by atoms with van der Waals surface area (Å²) < 4.78 is 11.6. The Morgan fingerprint density at radius 3 is 2.53 bits per heavy atom. The molecular formula is C21H23ClN4O4. The van der Waals surface area contributed by atoms with Crippen LogP contribution < -0.4 is 14.8 Å². The minimum absolute atomic E-state index is 0. The summed E-state index contributed by atoms with van der Waals surface area (Å²) in [5.74, 6) is 1.80. The second-order valence-electron chi connectivity index (χ2n) is 7.05. The van der Waals surface area contributed by atoms with Crippen LogP contribution in [0.1, 0.15) is 12.8 Å². The van der Waals surface area contributed by atoms with E-state index in [9.17, 15) is 10.1 Å². The van der Waals surface area contributed by atoms with Crippen molar-refractivity contribution in [1.82, 2.24) is 15.3 Å². The van der Waals surface area contributed by atoms with E-state index in [1.807, 2.05) is 12.1 Å². The molecule has 0 aliphatic carbocycles. The fourth-order valence-corrected chi connectivity index (χ4v) is 3.56. The van der Waals surface area contributed by atoms with Crippen LogP contribution in [0.15, 0.2) is 42.7 Å². The second-order valence-corrected chi connectivity index (χ2v) is 7.05. The van der Waals surface area contributed by atoms with Gasteiger partial charge in [-0.15, -0.1) is 12.4 Å². The Morgan fingerprint density at radius 1 is 1.13 bits per heavy atom. The van der Waals surface area contributed by atoms with Crippen molar-refractivity contribution in [2.75, 3.05) is 26.8 Å². The van der Waals surface area contributed by atoms with Crippen LogP contribution in [0, 0.1) is 16.0 Å². The lowest BCUT2D eigenvalue weighted by Crippen LogP contribution is -2.30. The van der Waals surface area contributed by atoms with Gasteiger partial charge in [0.2, 0.25) is 0 Å². The van der Waals surface area contributed by atoms with Crippen molar-refractivity contribution < 1.29 is 14.4 Å². The number of ether oxygens (including phenoxy) is 2. The first-order valence-corrected chi connectivity index (χ1v) is 9.57. The molecule has 1 aromatic heterocycles. The number of nitrogens with zero attached hydrogens (tertiary/aromatic N) is 3. The smallest absolute Gasteiger partial charge is 0.269 e. The molecule has 9 heteroatoms. The van der Waals surface area contributed by atoms with Gasteiger partial charge in [-0.1, -0.05) is 0 Å². The number of rotatable bonds is 6. The summed E-state index contributed by atoms with van der Waals surface area (Å²) in [6, 6.07) is 10.0. The predicted molar refractivity (Wildman–Crippen MR) is 117 cm³/mol. The average Bonchev–Trinajstić information content (AvgIpc) is 2.77. The normalized spacial score (nSPS) is 14.2. The first kappa shape index (κ1) is 21.7. The molecule has 0 spiro atoms. The van der Waals surface area contributed by atoms with Gasteiger partial charge in [0, 0.05) is 29.1 Å². The number of nitrogens with one attached hydrogen (secondary N) is 1. The minimum atomic E-state index is -0.420. The number of nitro groups is 1. The third kappa shape index (κ3) is 4.60. The topological polar surface area (TPSA) is 99.4 Å². The summed E-state index contributed by atoms with van der Waals surface area (Å²) in [6.07, 6.45) is 3.69. The van der Waals surface area contributed by atoms with Crippen molar-refractivity contribution in [2.24, 2.45) is 5.92 Å². The Hall–Kier alpha value is -2.97. The van der Waals surface area contributed by atoms with Gasteiger partial charge in [0.15, 0.2) is 11.5 Å². The molecule has 3 aromatic rings. The van der Waals surface area contributed by atoms with E-state index in [1.54, 1.807) is 19.2 Å². The molecule has 30 heavy (non-hydrogen) atoms. The molecule has 2 heterocycles. The zero-order chi connectivity index (χ0) is 20.2. The third-order valence-corrected chi connectivity index (χ3v) is 5.21. The number of piperidine rings is 1. The number of non-ortho nitro benzene ring substituents is 1. The Labute approximate surface area is 180 Å². The van der Waals surface area contributed by atoms with E-state index in [0.717, 1.165) is 42.4 Å². The van der Waals surface area contributed by atoms with Gasteiger partial charge in [0.1, 0.15) is 6.33 Å². The number of hydrogen-bond acceptors (Lipinski definition) is 7. The molecule has 0 saturated carbocycles. The molecule has 8 nitrogen and oxygen atoms in total. The number of methoxy groups -OCH3 is 1. The Bertz CT molecular complexity index is 1020. The number of hydrogen-bond donors (Lipinski definition) is 1. The van der Waals surface area contributed by atoms with E-state index in [-0.39, 0.29) is 18.1 Å². The van der Waals surface area contributed by atoms with Crippen LogP contribution in [0.25, 0.3) is 22.2 Å². The molecule has 4 rings (SSSR count). The predicted octanol–water partition coefficient (Wildman–Crippen LogP) is 4.01. The number of benzene rings is 2. The molecular weight excluding hydrogens is 408 g/mol. The Kier molecular flexibility index (Phi) is 7.02. The molecule has 1 fully saturated rings. The van der Waals surface area contributed by atoms with Crippen molar-refractivity contribution in [3.8, 4) is 22.8 Å². The van der Waals surface area contributed by atoms with Crippen molar-refractivity contribution in [1.29, 1.82) is 0 Å². The molecule has 0 radical (unpaired) electrons. The third-order valence-electron chi connectivity index (χ3n) is 5.21. The Balaban J connectivity index is 0.00000256. The second kappa shape index (κ2) is 9.69. The van der Waals surface area contributed by atoms with Gasteiger partial charge in [-0.3, -0.25) is 10.1 Å². The number of nitro benzene ring substituents is 1. The number of fused-ring (bicyclic) bond motifs is 1. The minimum Gasteiger partial charge on any atom is -0.493 e. The number of aromatic nitrogens is 2. The van der Waals surface area contributed by atoms with Crippen molar-refractivity contribution >= 4 is 29.0 Å². The largest absolute Gasteiger partial charge is 0.493 e. The van der Waals surface area contributed by atoms with Gasteiger partial charge in [0.25, 0.3) is 5.69 Å². The lowest BCUT2D eigenvalue weighted by atomic mass is 9.99. The van der Waals surface area contributed by atoms with E-state index in [2.05, 4.69) is 15.3 Å². The molecule has 0 amide bonds. The maximum atomic E-state index is 10.9. The van der Waals surface area contributed by atoms with Gasteiger partial charge in [-0.05, 0) is 50.0 Å². The van der Waals surface area contributed by atoms with Gasteiger partial charge < -0.3 is 14.8 Å². The van der Waals surface area contributed by atoms with E-state index >= 15 is 0 Å². The molecule has 0 bridgehead atoms. The highest BCUT2D eigenvalue weighted by atomic mass is 35.5. The van der Waals surface area contributed by atoms with Gasteiger partial charge >= 0.3 is 0 Å². The quantitative estimate of drug-likeness (QED) is 0.465. The van der Waals surface area contributed by atoms with Gasteiger partial charge in [0.05, 0.1) is 29.9 Å². The van der Waals surface area contributed by atoms with Gasteiger partial charge in [-0.2, -0.15) is 0 Å². The highest BCUT2D eigenvalue weighted by Crippen LogP contribution is 2.36. The van der Waals surface area contributed by atoms with Crippen LogP contribution in [0.5, 0.6) is 11.5 Å². The van der Waals surface area contributed by atoms with Crippen LogP contribution >= 0.6 is 12.4 Å². The fourth-order valence-electron chi connectivity index (χ4n) is 3.56.